The number of esters is 2. The first-order valence-electron chi connectivity index (χ1n) is 9.98. The van der Waals surface area contributed by atoms with E-state index in [-0.39, 0.29) is 0 Å². The number of aliphatic hydroxyl groups is 2. The molecule has 0 bridgehead atoms. The minimum absolute atomic E-state index is 0.551. The van der Waals surface area contributed by atoms with Crippen molar-refractivity contribution >= 4 is 11.9 Å². The number of aliphatic hydroxyl groups excluding tert-OH is 2. The Morgan fingerprint density at radius 1 is 0.879 bits per heavy atom. The van der Waals surface area contributed by atoms with Crippen molar-refractivity contribution in [2.45, 2.75) is 11.5 Å². The van der Waals surface area contributed by atoms with Crippen molar-refractivity contribution < 1.29 is 38.1 Å². The number of carbonyl (C=O) groups excluding carboxylic acids is 2. The van der Waals surface area contributed by atoms with E-state index in [0.29, 0.717) is 23.3 Å². The van der Waals surface area contributed by atoms with Gasteiger partial charge in [-0.25, -0.2) is 13.6 Å². The predicted molar refractivity (Wildman–Crippen MR) is 114 cm³/mol. The van der Waals surface area contributed by atoms with Gasteiger partial charge in [-0.1, -0.05) is 60.7 Å². The fraction of sp³-hybridized carbons (Fsp3) is 0.200. The number of benzene rings is 3. The molecule has 0 aliphatic rings. The summed E-state index contributed by atoms with van der Waals surface area (Å²) >= 11 is 0. The molecule has 33 heavy (non-hydrogen) atoms. The molecule has 0 saturated carbocycles. The molecule has 0 spiro atoms. The Morgan fingerprint density at radius 2 is 1.39 bits per heavy atom. The number of rotatable bonds is 8. The van der Waals surface area contributed by atoms with Crippen molar-refractivity contribution in [3.63, 3.8) is 0 Å². The average Bonchev–Trinajstić information content (AvgIpc) is 2.86. The molecule has 3 aromatic carbocycles. The molecule has 0 aliphatic heterocycles. The minimum Gasteiger partial charge on any atom is -0.465 e. The highest BCUT2D eigenvalue weighted by Gasteiger charge is 2.45. The molecule has 2 N–H and O–H groups in total. The molecular formula is C25H22F2O6. The van der Waals surface area contributed by atoms with Crippen LogP contribution in [0.2, 0.25) is 0 Å². The second-order valence-electron chi connectivity index (χ2n) is 7.31. The summed E-state index contributed by atoms with van der Waals surface area (Å²) < 4.78 is 39.6. The number of hydrogen-bond acceptors (Lipinski definition) is 6. The minimum atomic E-state index is -2.33. The van der Waals surface area contributed by atoms with Gasteiger partial charge in [-0.3, -0.25) is 4.79 Å². The number of hydrogen-bond donors (Lipinski definition) is 2. The van der Waals surface area contributed by atoms with Crippen LogP contribution in [0.1, 0.15) is 33.2 Å². The largest absolute Gasteiger partial charge is 0.465 e. The van der Waals surface area contributed by atoms with E-state index in [9.17, 15) is 28.6 Å². The molecule has 0 heterocycles. The van der Waals surface area contributed by atoms with Gasteiger partial charge >= 0.3 is 11.9 Å². The summed E-state index contributed by atoms with van der Waals surface area (Å²) in [6, 6.07) is 18.5. The van der Waals surface area contributed by atoms with Crippen LogP contribution in [0.3, 0.4) is 0 Å². The third-order valence-electron chi connectivity index (χ3n) is 5.34. The van der Waals surface area contributed by atoms with Crippen molar-refractivity contribution in [3.05, 3.63) is 107 Å². The van der Waals surface area contributed by atoms with E-state index in [1.165, 1.54) is 0 Å². The third-order valence-corrected chi connectivity index (χ3v) is 5.34. The fourth-order valence-corrected chi connectivity index (χ4v) is 3.44. The maximum absolute atomic E-state index is 14.9. The fourth-order valence-electron chi connectivity index (χ4n) is 3.44. The molecule has 172 valence electrons. The lowest BCUT2D eigenvalue weighted by atomic mass is 9.80. The highest BCUT2D eigenvalue weighted by molar-refractivity contribution is 5.90. The van der Waals surface area contributed by atoms with Gasteiger partial charge in [0.1, 0.15) is 17.0 Å². The van der Waals surface area contributed by atoms with Crippen molar-refractivity contribution in [3.8, 4) is 0 Å². The zero-order valence-corrected chi connectivity index (χ0v) is 17.7. The molecule has 0 aromatic heterocycles. The molecule has 3 rings (SSSR count). The topological polar surface area (TPSA) is 93.1 Å². The number of ether oxygens (including phenoxy) is 2. The lowest BCUT2D eigenvalue weighted by molar-refractivity contribution is -0.158. The Bertz CT molecular complexity index is 1080. The maximum Gasteiger partial charge on any atom is 0.340 e. The summed E-state index contributed by atoms with van der Waals surface area (Å²) in [7, 11) is 1.00. The SMILES string of the molecule is COC(=O)c1cc(F)c(C(CO)(CO)C(=O)OC(c2ccccc2)c2ccccc2)cc1F. The Hall–Kier alpha value is -3.62. The van der Waals surface area contributed by atoms with Crippen LogP contribution < -0.4 is 0 Å². The molecular weight excluding hydrogens is 434 g/mol. The zero-order valence-electron chi connectivity index (χ0n) is 17.7. The molecule has 8 heteroatoms. The van der Waals surface area contributed by atoms with E-state index in [1.807, 2.05) is 0 Å². The van der Waals surface area contributed by atoms with E-state index in [2.05, 4.69) is 4.74 Å². The molecule has 0 unspecified atom stereocenters. The summed E-state index contributed by atoms with van der Waals surface area (Å²) in [5.74, 6) is -4.66. The standard InChI is InChI=1S/C25H22F2O6/c1-32-23(30)18-12-21(27)19(13-20(18)26)25(14-28,15-29)24(31)33-22(16-8-4-2-5-9-16)17-10-6-3-7-11-17/h2-13,22,28-29H,14-15H2,1H3. The van der Waals surface area contributed by atoms with Gasteiger partial charge in [0.2, 0.25) is 0 Å². The molecule has 6 nitrogen and oxygen atoms in total. The van der Waals surface area contributed by atoms with Gasteiger partial charge in [-0.15, -0.1) is 0 Å². The van der Waals surface area contributed by atoms with Crippen LogP contribution in [0.4, 0.5) is 8.78 Å². The van der Waals surface area contributed by atoms with Crippen LogP contribution in [-0.2, 0) is 19.7 Å². The van der Waals surface area contributed by atoms with Crippen molar-refractivity contribution in [1.82, 2.24) is 0 Å². The molecule has 0 radical (unpaired) electrons. The monoisotopic (exact) mass is 456 g/mol. The van der Waals surface area contributed by atoms with E-state index in [4.69, 9.17) is 4.74 Å². The second kappa shape index (κ2) is 10.3. The van der Waals surface area contributed by atoms with Crippen LogP contribution in [0.5, 0.6) is 0 Å². The number of methoxy groups -OCH3 is 1. The Labute approximate surface area is 189 Å². The maximum atomic E-state index is 14.9. The van der Waals surface area contributed by atoms with E-state index in [0.717, 1.165) is 7.11 Å². The Balaban J connectivity index is 2.06. The number of carbonyl (C=O) groups is 2. The van der Waals surface area contributed by atoms with Gasteiger partial charge in [0.25, 0.3) is 0 Å². The van der Waals surface area contributed by atoms with Crippen molar-refractivity contribution in [2.24, 2.45) is 0 Å². The van der Waals surface area contributed by atoms with Crippen LogP contribution >= 0.6 is 0 Å². The highest BCUT2D eigenvalue weighted by Crippen LogP contribution is 2.34. The summed E-state index contributed by atoms with van der Waals surface area (Å²) in [5.41, 5.74) is -2.49. The molecule has 0 atom stereocenters. The van der Waals surface area contributed by atoms with E-state index in [1.54, 1.807) is 60.7 Å². The van der Waals surface area contributed by atoms with Gasteiger partial charge < -0.3 is 19.7 Å². The third kappa shape index (κ3) is 4.76. The van der Waals surface area contributed by atoms with Gasteiger partial charge in [0.05, 0.1) is 25.9 Å². The summed E-state index contributed by atoms with van der Waals surface area (Å²) in [6.07, 6.45) is -0.945. The van der Waals surface area contributed by atoms with Gasteiger partial charge in [-0.05, 0) is 23.3 Å². The molecule has 0 amide bonds. The molecule has 0 fully saturated rings. The van der Waals surface area contributed by atoms with Crippen molar-refractivity contribution in [1.29, 1.82) is 0 Å². The first-order valence-corrected chi connectivity index (χ1v) is 9.98. The van der Waals surface area contributed by atoms with Crippen LogP contribution in [0.25, 0.3) is 0 Å². The summed E-state index contributed by atoms with van der Waals surface area (Å²) in [6.45, 7) is -2.15. The van der Waals surface area contributed by atoms with Gasteiger partial charge in [0, 0.05) is 5.56 Å². The quantitative estimate of drug-likeness (QED) is 0.506. The lowest BCUT2D eigenvalue weighted by Gasteiger charge is -2.31. The lowest BCUT2D eigenvalue weighted by Crippen LogP contribution is -2.46. The van der Waals surface area contributed by atoms with Crippen molar-refractivity contribution in [2.75, 3.05) is 20.3 Å². The zero-order chi connectivity index (χ0) is 24.0. The van der Waals surface area contributed by atoms with Crippen LogP contribution in [0.15, 0.2) is 72.8 Å². The highest BCUT2D eigenvalue weighted by atomic mass is 19.1. The Kier molecular flexibility index (Phi) is 7.52. The van der Waals surface area contributed by atoms with Crippen LogP contribution in [0, 0.1) is 11.6 Å². The predicted octanol–water partition coefficient (Wildman–Crippen LogP) is 3.31. The molecule has 3 aromatic rings. The number of halogens is 2. The smallest absolute Gasteiger partial charge is 0.340 e. The van der Waals surface area contributed by atoms with Gasteiger partial charge in [-0.2, -0.15) is 0 Å². The first kappa shape index (κ1) is 24.0. The van der Waals surface area contributed by atoms with E-state index < -0.39 is 59.4 Å². The summed E-state index contributed by atoms with van der Waals surface area (Å²) in [5, 5.41) is 20.1. The second-order valence-corrected chi connectivity index (χ2v) is 7.31. The van der Waals surface area contributed by atoms with Gasteiger partial charge in [0.15, 0.2) is 6.10 Å². The Morgan fingerprint density at radius 3 is 1.85 bits per heavy atom. The summed E-state index contributed by atoms with van der Waals surface area (Å²) in [4.78, 5) is 25.0. The van der Waals surface area contributed by atoms with E-state index >= 15 is 0 Å². The first-order chi connectivity index (χ1) is 15.9. The molecule has 0 aliphatic carbocycles. The van der Waals surface area contributed by atoms with Crippen LogP contribution in [-0.4, -0.2) is 42.5 Å². The normalized spacial score (nSPS) is 11.3. The average molecular weight is 456 g/mol. The molecule has 0 saturated heterocycles.